The van der Waals surface area contributed by atoms with Crippen molar-refractivity contribution in [1.29, 1.82) is 0 Å². The fourth-order valence-corrected chi connectivity index (χ4v) is 6.82. The summed E-state index contributed by atoms with van der Waals surface area (Å²) in [6.45, 7) is 1.10. The van der Waals surface area contributed by atoms with Crippen LogP contribution in [0.15, 0.2) is 29.3 Å². The van der Waals surface area contributed by atoms with E-state index in [1.54, 1.807) is 17.7 Å². The fourth-order valence-electron chi connectivity index (χ4n) is 4.78. The van der Waals surface area contributed by atoms with Crippen molar-refractivity contribution in [3.63, 3.8) is 0 Å². The van der Waals surface area contributed by atoms with Crippen molar-refractivity contribution >= 4 is 60.5 Å². The molecule has 0 bridgehead atoms. The van der Waals surface area contributed by atoms with Gasteiger partial charge in [0.15, 0.2) is 0 Å². The van der Waals surface area contributed by atoms with Crippen LogP contribution in [0.3, 0.4) is 0 Å². The van der Waals surface area contributed by atoms with E-state index in [1.165, 1.54) is 21.8 Å². The summed E-state index contributed by atoms with van der Waals surface area (Å²) >= 11 is 2.82. The summed E-state index contributed by atoms with van der Waals surface area (Å²) < 4.78 is 0.894. The lowest BCUT2D eigenvalue weighted by molar-refractivity contribution is -0.135. The summed E-state index contributed by atoms with van der Waals surface area (Å²) in [6, 6.07) is 5.77. The normalized spacial score (nSPS) is 20.7. The lowest BCUT2D eigenvalue weighted by Crippen LogP contribution is -2.37. The number of aryl methyl sites for hydroxylation is 1. The number of aliphatic hydroxyl groups excluding tert-OH is 1. The smallest absolute Gasteiger partial charge is 0.305 e. The summed E-state index contributed by atoms with van der Waals surface area (Å²) in [4.78, 5) is 40.2. The van der Waals surface area contributed by atoms with Crippen molar-refractivity contribution in [2.24, 2.45) is 5.92 Å². The van der Waals surface area contributed by atoms with Crippen LogP contribution in [0.5, 0.6) is 0 Å². The highest BCUT2D eigenvalue weighted by molar-refractivity contribution is 7.19. The van der Waals surface area contributed by atoms with Gasteiger partial charge in [-0.3, -0.25) is 9.59 Å². The molecule has 1 amide bonds. The number of amides is 1. The van der Waals surface area contributed by atoms with Crippen molar-refractivity contribution in [2.45, 2.75) is 31.8 Å². The van der Waals surface area contributed by atoms with Gasteiger partial charge in [0.2, 0.25) is 5.91 Å². The number of β-amino-alcohol motifs (C(OH)–C–C–N with tert-alkyl or cyclic N) is 1. The van der Waals surface area contributed by atoms with E-state index in [9.17, 15) is 14.7 Å². The molecule has 1 fully saturated rings. The summed E-state index contributed by atoms with van der Waals surface area (Å²) in [5.41, 5.74) is 2.92. The second-order valence-corrected chi connectivity index (χ2v) is 10.5. The van der Waals surface area contributed by atoms with E-state index in [4.69, 9.17) is 0 Å². The molecule has 3 N–H and O–H groups in total. The van der Waals surface area contributed by atoms with E-state index in [0.717, 1.165) is 44.8 Å². The first-order chi connectivity index (χ1) is 15.5. The first kappa shape index (κ1) is 19.8. The number of hydrogen-bond acceptors (Lipinski definition) is 8. The van der Waals surface area contributed by atoms with Crippen LogP contribution in [0, 0.1) is 5.92 Å². The number of rotatable bonds is 3. The average Bonchev–Trinajstić information content (AvgIpc) is 3.48. The SMILES string of the molecule is O=C([C@@H]1CCc2c(sc3ncnc(Nc4ccc5[nH]c(=O)sc5c4)c23)C1)N1CCC(O)C1. The van der Waals surface area contributed by atoms with Gasteiger partial charge in [0.1, 0.15) is 17.0 Å². The Morgan fingerprint density at radius 3 is 3.00 bits per heavy atom. The molecule has 1 aliphatic heterocycles. The summed E-state index contributed by atoms with van der Waals surface area (Å²) in [7, 11) is 0. The average molecular weight is 468 g/mol. The van der Waals surface area contributed by atoms with E-state index >= 15 is 0 Å². The van der Waals surface area contributed by atoms with Crippen LogP contribution in [0.4, 0.5) is 11.5 Å². The first-order valence-electron chi connectivity index (χ1n) is 10.7. The number of hydrogen-bond donors (Lipinski definition) is 3. The molecule has 0 spiro atoms. The Morgan fingerprint density at radius 1 is 1.25 bits per heavy atom. The topological polar surface area (TPSA) is 111 Å². The molecule has 164 valence electrons. The van der Waals surface area contributed by atoms with Crippen molar-refractivity contribution < 1.29 is 9.90 Å². The molecule has 6 rings (SSSR count). The molecule has 2 atom stereocenters. The Morgan fingerprint density at radius 2 is 2.16 bits per heavy atom. The predicted octanol–water partition coefficient (Wildman–Crippen LogP) is 3.04. The van der Waals surface area contributed by atoms with Gasteiger partial charge in [-0.2, -0.15) is 0 Å². The second-order valence-electron chi connectivity index (χ2n) is 8.42. The number of H-pyrrole nitrogens is 1. The molecule has 8 nitrogen and oxygen atoms in total. The maximum Gasteiger partial charge on any atom is 0.305 e. The van der Waals surface area contributed by atoms with Gasteiger partial charge in [-0.25, -0.2) is 9.97 Å². The number of carbonyl (C=O) groups excluding carboxylic acids is 1. The zero-order chi connectivity index (χ0) is 21.8. The molecule has 1 saturated heterocycles. The van der Waals surface area contributed by atoms with E-state index in [1.807, 2.05) is 23.1 Å². The van der Waals surface area contributed by atoms with Gasteiger partial charge < -0.3 is 20.3 Å². The number of nitrogens with one attached hydrogen (secondary N) is 2. The number of carbonyl (C=O) groups is 1. The van der Waals surface area contributed by atoms with Crippen molar-refractivity contribution in [3.8, 4) is 0 Å². The molecular formula is C22H21N5O3S2. The standard InChI is InChI=1S/C22H21N5O3S2/c28-13-5-6-27(9-13)21(29)11-1-3-14-16(7-11)31-20-18(14)19(23-10-24-20)25-12-2-4-15-17(8-12)32-22(30)26-15/h2,4,8,10-11,13,28H,1,3,5-7,9H2,(H,26,30)(H,23,24,25)/t11-,13?/m1/s1. The van der Waals surface area contributed by atoms with Gasteiger partial charge in [-0.05, 0) is 49.4 Å². The molecule has 0 radical (unpaired) electrons. The van der Waals surface area contributed by atoms with Gasteiger partial charge in [0, 0.05) is 29.6 Å². The molecule has 4 aromatic rings. The predicted molar refractivity (Wildman–Crippen MR) is 126 cm³/mol. The third-order valence-corrected chi connectivity index (χ3v) is 8.36. The number of likely N-dealkylation sites (tertiary alicyclic amines) is 1. The van der Waals surface area contributed by atoms with Gasteiger partial charge in [-0.1, -0.05) is 11.3 Å². The molecule has 4 heterocycles. The number of fused-ring (bicyclic) bond motifs is 4. The minimum absolute atomic E-state index is 0.0380. The maximum absolute atomic E-state index is 12.9. The first-order valence-corrected chi connectivity index (χ1v) is 12.3. The Labute approximate surface area is 190 Å². The third-order valence-electron chi connectivity index (χ3n) is 6.35. The minimum Gasteiger partial charge on any atom is -0.391 e. The zero-order valence-electron chi connectivity index (χ0n) is 17.1. The number of aromatic nitrogens is 3. The summed E-state index contributed by atoms with van der Waals surface area (Å²) in [5, 5.41) is 14.2. The van der Waals surface area contributed by atoms with Crippen LogP contribution >= 0.6 is 22.7 Å². The van der Waals surface area contributed by atoms with Gasteiger partial charge in [-0.15, -0.1) is 11.3 Å². The number of thiazole rings is 1. The molecule has 32 heavy (non-hydrogen) atoms. The highest BCUT2D eigenvalue weighted by atomic mass is 32.1. The van der Waals surface area contributed by atoms with Gasteiger partial charge >= 0.3 is 4.87 Å². The second kappa shape index (κ2) is 7.65. The number of benzene rings is 1. The lowest BCUT2D eigenvalue weighted by Gasteiger charge is -2.26. The molecule has 2 aliphatic rings. The maximum atomic E-state index is 12.9. The molecule has 3 aromatic heterocycles. The monoisotopic (exact) mass is 467 g/mol. The third kappa shape index (κ3) is 3.39. The summed E-state index contributed by atoms with van der Waals surface area (Å²) in [5.74, 6) is 0.874. The Bertz CT molecular complexity index is 1410. The van der Waals surface area contributed by atoms with E-state index in [-0.39, 0.29) is 16.7 Å². The molecule has 10 heteroatoms. The van der Waals surface area contributed by atoms with E-state index in [0.29, 0.717) is 25.9 Å². The van der Waals surface area contributed by atoms with Crippen LogP contribution < -0.4 is 10.2 Å². The van der Waals surface area contributed by atoms with Crippen molar-refractivity contribution in [2.75, 3.05) is 18.4 Å². The Hall–Kier alpha value is -2.82. The molecular weight excluding hydrogens is 446 g/mol. The summed E-state index contributed by atoms with van der Waals surface area (Å²) in [6.07, 6.45) is 4.16. The minimum atomic E-state index is -0.391. The molecule has 1 aliphatic carbocycles. The van der Waals surface area contributed by atoms with Gasteiger partial charge in [0.25, 0.3) is 0 Å². The van der Waals surface area contributed by atoms with Crippen LogP contribution in [-0.2, 0) is 17.6 Å². The fraction of sp³-hybridized carbons (Fsp3) is 0.364. The Kier molecular flexibility index (Phi) is 4.74. The van der Waals surface area contributed by atoms with Crippen LogP contribution in [-0.4, -0.2) is 50.1 Å². The zero-order valence-corrected chi connectivity index (χ0v) is 18.8. The van der Waals surface area contributed by atoms with Crippen LogP contribution in [0.1, 0.15) is 23.3 Å². The van der Waals surface area contributed by atoms with Crippen molar-refractivity contribution in [3.05, 3.63) is 44.6 Å². The van der Waals surface area contributed by atoms with E-state index < -0.39 is 6.10 Å². The highest BCUT2D eigenvalue weighted by Crippen LogP contribution is 2.41. The van der Waals surface area contributed by atoms with E-state index in [2.05, 4.69) is 20.3 Å². The molecule has 0 saturated carbocycles. The number of thiophene rings is 1. The largest absolute Gasteiger partial charge is 0.391 e. The van der Waals surface area contributed by atoms with Crippen molar-refractivity contribution in [1.82, 2.24) is 19.9 Å². The quantitative estimate of drug-likeness (QED) is 0.427. The lowest BCUT2D eigenvalue weighted by atomic mass is 9.87. The van der Waals surface area contributed by atoms with Gasteiger partial charge in [0.05, 0.1) is 21.7 Å². The molecule has 1 unspecified atom stereocenters. The molecule has 1 aromatic carbocycles. The number of anilines is 2. The number of aliphatic hydroxyl groups is 1. The van der Waals surface area contributed by atoms with Crippen LogP contribution in [0.25, 0.3) is 20.4 Å². The van der Waals surface area contributed by atoms with Crippen LogP contribution in [0.2, 0.25) is 0 Å². The number of nitrogens with zero attached hydrogens (tertiary/aromatic N) is 3. The Balaban J connectivity index is 1.30. The number of aromatic amines is 1. The highest BCUT2D eigenvalue weighted by Gasteiger charge is 2.34.